The number of pyridine rings is 1. The number of nitrogen functional groups attached to an aromatic ring is 1. The molecule has 1 aromatic rings. The van der Waals surface area contributed by atoms with Gasteiger partial charge in [0.1, 0.15) is 4.90 Å². The molecule has 3 N–H and O–H groups in total. The van der Waals surface area contributed by atoms with Gasteiger partial charge in [0.05, 0.1) is 5.02 Å². The monoisotopic (exact) mass is 332 g/mol. The molecule has 2 heterocycles. The number of anilines is 1. The van der Waals surface area contributed by atoms with Crippen molar-refractivity contribution >= 4 is 27.4 Å². The Bertz CT molecular complexity index is 613. The number of rotatable bonds is 4. The van der Waals surface area contributed by atoms with E-state index in [-0.39, 0.29) is 21.2 Å². The Morgan fingerprint density at radius 2 is 2.10 bits per heavy atom. The van der Waals surface area contributed by atoms with Gasteiger partial charge < -0.3 is 5.43 Å². The van der Waals surface area contributed by atoms with Gasteiger partial charge in [0.15, 0.2) is 5.82 Å². The summed E-state index contributed by atoms with van der Waals surface area (Å²) in [5, 5.41) is 0.189. The van der Waals surface area contributed by atoms with Gasteiger partial charge in [-0.3, -0.25) is 0 Å². The van der Waals surface area contributed by atoms with E-state index < -0.39 is 10.0 Å². The van der Waals surface area contributed by atoms with Crippen molar-refractivity contribution in [3.05, 3.63) is 17.3 Å². The fourth-order valence-electron chi connectivity index (χ4n) is 2.44. The third kappa shape index (κ3) is 3.31. The Morgan fingerprint density at radius 3 is 2.57 bits per heavy atom. The van der Waals surface area contributed by atoms with Crippen LogP contribution in [0.25, 0.3) is 0 Å². The molecule has 1 fully saturated rings. The highest BCUT2D eigenvalue weighted by Crippen LogP contribution is 2.36. The first kappa shape index (κ1) is 16.5. The van der Waals surface area contributed by atoms with Crippen molar-refractivity contribution in [1.29, 1.82) is 0 Å². The first-order valence-electron chi connectivity index (χ1n) is 6.95. The molecule has 1 aliphatic rings. The average Bonchev–Trinajstić information content (AvgIpc) is 2.47. The lowest BCUT2D eigenvalue weighted by atomic mass is 9.79. The first-order chi connectivity index (χ1) is 9.82. The van der Waals surface area contributed by atoms with Crippen LogP contribution in [0.2, 0.25) is 5.02 Å². The van der Waals surface area contributed by atoms with Gasteiger partial charge in [0.2, 0.25) is 10.0 Å². The summed E-state index contributed by atoms with van der Waals surface area (Å²) in [4.78, 5) is 4.03. The molecular weight excluding hydrogens is 312 g/mol. The summed E-state index contributed by atoms with van der Waals surface area (Å²) in [7, 11) is -3.55. The lowest BCUT2D eigenvalue weighted by Crippen LogP contribution is -2.41. The van der Waals surface area contributed by atoms with Crippen LogP contribution in [0.3, 0.4) is 0 Å². The molecule has 0 aromatic carbocycles. The standard InChI is InChI=1S/C13H21ClN4O2S/c1-3-13(2)4-6-18(7-5-13)21(19,20)10-8-11(14)12(17-15)16-9-10/h8-9H,3-7,15H2,1-2H3,(H,16,17). The molecule has 0 atom stereocenters. The molecule has 0 unspecified atom stereocenters. The number of aromatic nitrogens is 1. The zero-order chi connectivity index (χ0) is 15.7. The van der Waals surface area contributed by atoms with E-state index in [0.717, 1.165) is 19.3 Å². The van der Waals surface area contributed by atoms with Gasteiger partial charge in [-0.15, -0.1) is 0 Å². The maximum atomic E-state index is 12.6. The highest BCUT2D eigenvalue weighted by atomic mass is 35.5. The van der Waals surface area contributed by atoms with Crippen LogP contribution in [0.5, 0.6) is 0 Å². The second kappa shape index (κ2) is 6.08. The highest BCUT2D eigenvalue weighted by molar-refractivity contribution is 7.89. The van der Waals surface area contributed by atoms with Crippen LogP contribution < -0.4 is 11.3 Å². The number of hydrogen-bond acceptors (Lipinski definition) is 5. The summed E-state index contributed by atoms with van der Waals surface area (Å²) in [5.41, 5.74) is 2.55. The second-order valence-corrected chi connectivity index (χ2v) is 8.06. The van der Waals surface area contributed by atoms with Gasteiger partial charge in [0, 0.05) is 19.3 Å². The van der Waals surface area contributed by atoms with Crippen LogP contribution in [-0.4, -0.2) is 30.8 Å². The molecule has 8 heteroatoms. The van der Waals surface area contributed by atoms with Crippen molar-refractivity contribution < 1.29 is 8.42 Å². The lowest BCUT2D eigenvalue weighted by Gasteiger charge is -2.38. The maximum Gasteiger partial charge on any atom is 0.244 e. The Morgan fingerprint density at radius 1 is 1.48 bits per heavy atom. The van der Waals surface area contributed by atoms with Crippen molar-refractivity contribution in [1.82, 2.24) is 9.29 Å². The van der Waals surface area contributed by atoms with Gasteiger partial charge in [-0.05, 0) is 24.3 Å². The van der Waals surface area contributed by atoms with E-state index >= 15 is 0 Å². The third-order valence-corrected chi connectivity index (χ3v) is 6.53. The highest BCUT2D eigenvalue weighted by Gasteiger charge is 2.34. The zero-order valence-electron chi connectivity index (χ0n) is 12.3. The number of hydrogen-bond donors (Lipinski definition) is 2. The minimum atomic E-state index is -3.55. The second-order valence-electron chi connectivity index (χ2n) is 5.71. The Labute approximate surface area is 130 Å². The summed E-state index contributed by atoms with van der Waals surface area (Å²) >= 11 is 5.95. The van der Waals surface area contributed by atoms with E-state index in [1.54, 1.807) is 0 Å². The molecule has 6 nitrogen and oxygen atoms in total. The summed E-state index contributed by atoms with van der Waals surface area (Å²) in [5.74, 6) is 5.50. The van der Waals surface area contributed by atoms with Crippen LogP contribution in [0.4, 0.5) is 5.82 Å². The zero-order valence-corrected chi connectivity index (χ0v) is 13.8. The quantitative estimate of drug-likeness (QED) is 0.652. The fourth-order valence-corrected chi connectivity index (χ4v) is 4.14. The number of piperidine rings is 1. The van der Waals surface area contributed by atoms with E-state index in [1.807, 2.05) is 0 Å². The third-order valence-electron chi connectivity index (χ3n) is 4.37. The SMILES string of the molecule is CCC1(C)CCN(S(=O)(=O)c2cnc(NN)c(Cl)c2)CC1. The molecule has 0 radical (unpaired) electrons. The van der Waals surface area contributed by atoms with Crippen molar-refractivity contribution in [3.8, 4) is 0 Å². The predicted octanol–water partition coefficient (Wildman–Crippen LogP) is 2.22. The fraction of sp³-hybridized carbons (Fsp3) is 0.615. The van der Waals surface area contributed by atoms with E-state index in [1.165, 1.54) is 16.6 Å². The minimum absolute atomic E-state index is 0.103. The molecular formula is C13H21ClN4O2S. The van der Waals surface area contributed by atoms with Gasteiger partial charge in [-0.2, -0.15) is 4.31 Å². The molecule has 0 aliphatic carbocycles. The van der Waals surface area contributed by atoms with Crippen molar-refractivity contribution in [2.45, 2.75) is 38.0 Å². The van der Waals surface area contributed by atoms with Crippen LogP contribution >= 0.6 is 11.6 Å². The lowest BCUT2D eigenvalue weighted by molar-refractivity contribution is 0.169. The van der Waals surface area contributed by atoms with E-state index in [2.05, 4.69) is 24.3 Å². The molecule has 0 spiro atoms. The van der Waals surface area contributed by atoms with Crippen LogP contribution in [0.1, 0.15) is 33.1 Å². The predicted molar refractivity (Wildman–Crippen MR) is 83.4 cm³/mol. The molecule has 2 rings (SSSR count). The molecule has 21 heavy (non-hydrogen) atoms. The van der Waals surface area contributed by atoms with E-state index in [0.29, 0.717) is 13.1 Å². The van der Waals surface area contributed by atoms with Crippen LogP contribution in [0, 0.1) is 5.41 Å². The Hall–Kier alpha value is -0.890. The van der Waals surface area contributed by atoms with Gasteiger partial charge in [-0.25, -0.2) is 19.2 Å². The molecule has 1 aliphatic heterocycles. The average molecular weight is 333 g/mol. The number of nitrogens with two attached hydrogens (primary N) is 1. The van der Waals surface area contributed by atoms with Crippen molar-refractivity contribution in [3.63, 3.8) is 0 Å². The first-order valence-corrected chi connectivity index (χ1v) is 8.76. The van der Waals surface area contributed by atoms with Crippen molar-refractivity contribution in [2.75, 3.05) is 18.5 Å². The molecule has 0 amide bonds. The molecule has 0 bridgehead atoms. The molecule has 118 valence electrons. The number of halogens is 1. The van der Waals surface area contributed by atoms with Crippen LogP contribution in [0.15, 0.2) is 17.2 Å². The smallest absolute Gasteiger partial charge is 0.244 e. The van der Waals surface area contributed by atoms with Gasteiger partial charge in [0.25, 0.3) is 0 Å². The number of nitrogens with one attached hydrogen (secondary N) is 1. The van der Waals surface area contributed by atoms with E-state index in [9.17, 15) is 8.42 Å². The summed E-state index contributed by atoms with van der Waals surface area (Å²) in [6.07, 6.45) is 4.08. The number of hydrazine groups is 1. The number of nitrogens with zero attached hydrogens (tertiary/aromatic N) is 2. The summed E-state index contributed by atoms with van der Waals surface area (Å²) in [6.45, 7) is 5.41. The molecule has 1 aromatic heterocycles. The van der Waals surface area contributed by atoms with Crippen LogP contribution in [-0.2, 0) is 10.0 Å². The molecule has 1 saturated heterocycles. The minimum Gasteiger partial charge on any atom is -0.307 e. The van der Waals surface area contributed by atoms with Crippen molar-refractivity contribution in [2.24, 2.45) is 11.3 Å². The van der Waals surface area contributed by atoms with Gasteiger partial charge in [-0.1, -0.05) is 31.9 Å². The number of sulfonamides is 1. The maximum absolute atomic E-state index is 12.6. The summed E-state index contributed by atoms with van der Waals surface area (Å²) in [6, 6.07) is 1.38. The Balaban J connectivity index is 2.21. The normalized spacial score (nSPS) is 19.4. The van der Waals surface area contributed by atoms with Gasteiger partial charge >= 0.3 is 0 Å². The largest absolute Gasteiger partial charge is 0.307 e. The van der Waals surface area contributed by atoms with E-state index in [4.69, 9.17) is 17.4 Å². The Kier molecular flexibility index (Phi) is 4.77. The topological polar surface area (TPSA) is 88.3 Å². The molecule has 0 saturated carbocycles. The summed E-state index contributed by atoms with van der Waals surface area (Å²) < 4.78 is 26.7.